The molecule has 12 heteroatoms. The van der Waals surface area contributed by atoms with Crippen LogP contribution in [0.4, 0.5) is 4.79 Å². The van der Waals surface area contributed by atoms with Crippen LogP contribution in [0.1, 0.15) is 24.0 Å². The molecule has 166 valence electrons. The number of amides is 5. The molecule has 5 amide bonds. The molecule has 3 N–H and O–H groups in total. The molecule has 1 aromatic rings. The van der Waals surface area contributed by atoms with Crippen LogP contribution in [0.25, 0.3) is 10.6 Å². The zero-order valence-corrected chi connectivity index (χ0v) is 29.2. The standard InChI is InChI=1S/C20H31N5O5.2Rb/c1-21-17(26)8-10-23-18(27)12-15-4-6-16(7-5-15)13-25-19(28)14-30-11-3-9-24-20(29)22-2;;/h4-7H,3,8-14H2,1-2H3,(H5,21,22,23,24,25,26,27,28,29);;/q;2*+1/p-2. The minimum absolute atomic E-state index is 0. The second-order valence-electron chi connectivity index (χ2n) is 6.32. The van der Waals surface area contributed by atoms with Crippen LogP contribution in [0, 0.1) is 0 Å². The number of benzene rings is 1. The quantitative estimate of drug-likeness (QED) is 0.198. The van der Waals surface area contributed by atoms with E-state index >= 15 is 0 Å². The fourth-order valence-electron chi connectivity index (χ4n) is 2.26. The monoisotopic (exact) mass is 589 g/mol. The number of ether oxygens (including phenoxy) is 1. The number of hydrogen-bond acceptors (Lipinski definition) is 5. The molecule has 0 bridgehead atoms. The van der Waals surface area contributed by atoms with Gasteiger partial charge in [-0.1, -0.05) is 36.9 Å². The zero-order valence-electron chi connectivity index (χ0n) is 19.4. The second kappa shape index (κ2) is 22.0. The van der Waals surface area contributed by atoms with Gasteiger partial charge in [0.15, 0.2) is 6.03 Å². The third kappa shape index (κ3) is 17.9. The molecular formula is C20H29N5O5Rb2. The zero-order chi connectivity index (χ0) is 22.2. The normalized spacial score (nSPS) is 9.44. The van der Waals surface area contributed by atoms with E-state index in [1.54, 1.807) is 19.2 Å². The minimum Gasteiger partial charge on any atom is -0.648 e. The van der Waals surface area contributed by atoms with Gasteiger partial charge in [-0.3, -0.25) is 14.4 Å². The Balaban J connectivity index is 0. The van der Waals surface area contributed by atoms with Gasteiger partial charge in [0, 0.05) is 26.6 Å². The van der Waals surface area contributed by atoms with Crippen LogP contribution in [-0.4, -0.2) is 64.2 Å². The van der Waals surface area contributed by atoms with E-state index in [4.69, 9.17) is 4.74 Å². The first-order chi connectivity index (χ1) is 14.4. The number of nitrogens with zero attached hydrogens (tertiary/aromatic N) is 2. The van der Waals surface area contributed by atoms with Crippen molar-refractivity contribution in [3.63, 3.8) is 0 Å². The minimum atomic E-state index is -0.381. The van der Waals surface area contributed by atoms with E-state index in [2.05, 4.69) is 26.6 Å². The Morgan fingerprint density at radius 1 is 0.906 bits per heavy atom. The fraction of sp³-hybridized carbons (Fsp3) is 0.500. The maximum Gasteiger partial charge on any atom is 1.00 e. The smallest absolute Gasteiger partial charge is 0.648 e. The molecule has 0 radical (unpaired) electrons. The summed E-state index contributed by atoms with van der Waals surface area (Å²) in [6.45, 7) is 1.06. The van der Waals surface area contributed by atoms with Crippen molar-refractivity contribution in [2.24, 2.45) is 0 Å². The molecule has 32 heavy (non-hydrogen) atoms. The Bertz CT molecular complexity index is 704. The van der Waals surface area contributed by atoms with Crippen LogP contribution in [-0.2, 0) is 32.1 Å². The van der Waals surface area contributed by atoms with Crippen LogP contribution in [0.5, 0.6) is 0 Å². The van der Waals surface area contributed by atoms with Gasteiger partial charge in [0.1, 0.15) is 0 Å². The molecule has 0 aliphatic heterocycles. The van der Waals surface area contributed by atoms with Crippen LogP contribution in [0.3, 0.4) is 0 Å². The van der Waals surface area contributed by atoms with E-state index in [9.17, 15) is 19.2 Å². The topological polar surface area (TPSA) is 142 Å². The molecule has 0 heterocycles. The number of carbonyl (C=O) groups excluding carboxylic acids is 4. The van der Waals surface area contributed by atoms with E-state index < -0.39 is 0 Å². The van der Waals surface area contributed by atoms with Crippen LogP contribution >= 0.6 is 0 Å². The summed E-state index contributed by atoms with van der Waals surface area (Å²) in [6.07, 6.45) is 0.997. The molecule has 0 unspecified atom stereocenters. The molecular weight excluding hydrogens is 561 g/mol. The van der Waals surface area contributed by atoms with Crippen LogP contribution in [0.15, 0.2) is 24.3 Å². The van der Waals surface area contributed by atoms with Crippen molar-refractivity contribution in [3.8, 4) is 0 Å². The van der Waals surface area contributed by atoms with Crippen molar-refractivity contribution in [2.45, 2.75) is 25.8 Å². The van der Waals surface area contributed by atoms with Crippen molar-refractivity contribution in [2.75, 3.05) is 40.4 Å². The van der Waals surface area contributed by atoms with E-state index in [1.807, 2.05) is 12.1 Å². The molecule has 0 aromatic heterocycles. The SMILES string of the molecule is CNC(=O)CCNC(=O)Cc1ccc(C[N-]C(=O)COCCC[N-]C(=O)NC)cc1.[Rb+].[Rb+]. The Hall–Kier alpha value is 0.470. The summed E-state index contributed by atoms with van der Waals surface area (Å²) in [5.41, 5.74) is 1.67. The summed E-state index contributed by atoms with van der Waals surface area (Å²) in [6, 6.07) is 6.85. The van der Waals surface area contributed by atoms with Crippen molar-refractivity contribution in [1.82, 2.24) is 16.0 Å². The number of hydrogen-bond donors (Lipinski definition) is 3. The first-order valence-electron chi connectivity index (χ1n) is 9.67. The molecule has 0 spiro atoms. The summed E-state index contributed by atoms with van der Waals surface area (Å²) >= 11 is 0. The first-order valence-corrected chi connectivity index (χ1v) is 9.67. The van der Waals surface area contributed by atoms with Gasteiger partial charge in [0.2, 0.25) is 11.8 Å². The summed E-state index contributed by atoms with van der Waals surface area (Å²) in [4.78, 5) is 45.6. The third-order valence-electron chi connectivity index (χ3n) is 3.92. The number of nitrogens with one attached hydrogen (secondary N) is 3. The van der Waals surface area contributed by atoms with Crippen molar-refractivity contribution in [1.29, 1.82) is 0 Å². The van der Waals surface area contributed by atoms with E-state index in [1.165, 1.54) is 7.05 Å². The molecule has 0 aliphatic carbocycles. The Labute approximate surface area is 287 Å². The van der Waals surface area contributed by atoms with Crippen molar-refractivity contribution >= 4 is 23.8 Å². The largest absolute Gasteiger partial charge is 1.00 e. The maximum atomic E-state index is 11.9. The molecule has 0 aliphatic rings. The molecule has 0 fully saturated rings. The van der Waals surface area contributed by atoms with Gasteiger partial charge in [-0.25, -0.2) is 0 Å². The summed E-state index contributed by atoms with van der Waals surface area (Å²) in [7, 11) is 3.05. The number of rotatable bonds is 13. The predicted molar refractivity (Wildman–Crippen MR) is 112 cm³/mol. The van der Waals surface area contributed by atoms with Gasteiger partial charge < -0.3 is 36.1 Å². The van der Waals surface area contributed by atoms with Gasteiger partial charge >= 0.3 is 116 Å². The Morgan fingerprint density at radius 3 is 2.19 bits per heavy atom. The van der Waals surface area contributed by atoms with Crippen molar-refractivity contribution in [3.05, 3.63) is 46.0 Å². The molecule has 1 aromatic carbocycles. The molecule has 1 rings (SSSR count). The van der Waals surface area contributed by atoms with Gasteiger partial charge in [-0.15, -0.1) is 6.54 Å². The Kier molecular flexibility index (Phi) is 23.8. The molecule has 0 saturated carbocycles. The van der Waals surface area contributed by atoms with E-state index in [0.717, 1.165) is 11.1 Å². The molecule has 0 atom stereocenters. The second-order valence-corrected chi connectivity index (χ2v) is 6.32. The summed E-state index contributed by atoms with van der Waals surface area (Å²) < 4.78 is 5.21. The van der Waals surface area contributed by atoms with E-state index in [-0.39, 0.29) is 166 Å². The van der Waals surface area contributed by atoms with E-state index in [0.29, 0.717) is 26.1 Å². The number of urea groups is 1. The van der Waals surface area contributed by atoms with Crippen LogP contribution < -0.4 is 132 Å². The molecule has 10 nitrogen and oxygen atoms in total. The van der Waals surface area contributed by atoms with Gasteiger partial charge in [0.25, 0.3) is 0 Å². The molecule has 0 saturated heterocycles. The maximum absolute atomic E-state index is 11.9. The van der Waals surface area contributed by atoms with Crippen molar-refractivity contribution < 1.29 is 140 Å². The fourth-order valence-corrected chi connectivity index (χ4v) is 2.26. The third-order valence-corrected chi connectivity index (χ3v) is 3.92. The van der Waals surface area contributed by atoms with Crippen LogP contribution in [0.2, 0.25) is 0 Å². The first kappa shape index (κ1) is 34.6. The predicted octanol–water partition coefficient (Wildman–Crippen LogP) is -4.99. The Morgan fingerprint density at radius 2 is 1.56 bits per heavy atom. The van der Waals surface area contributed by atoms with Gasteiger partial charge in [0.05, 0.1) is 18.9 Å². The van der Waals surface area contributed by atoms with Gasteiger partial charge in [-0.05, 0) is 18.5 Å². The average molecular weight is 590 g/mol. The van der Waals surface area contributed by atoms with Gasteiger partial charge in [-0.2, -0.15) is 0 Å². The average Bonchev–Trinajstić information content (AvgIpc) is 2.75. The number of carbonyl (C=O) groups is 4. The summed E-state index contributed by atoms with van der Waals surface area (Å²) in [5, 5.41) is 15.2. The summed E-state index contributed by atoms with van der Waals surface area (Å²) in [5.74, 6) is -0.649.